The molecule has 0 aliphatic carbocycles. The fourth-order valence-corrected chi connectivity index (χ4v) is 3.03. The van der Waals surface area contributed by atoms with Crippen molar-refractivity contribution < 1.29 is 18.7 Å². The Bertz CT molecular complexity index is 1090. The van der Waals surface area contributed by atoms with Gasteiger partial charge in [-0.3, -0.25) is 4.79 Å². The lowest BCUT2D eigenvalue weighted by atomic mass is 10.2. The van der Waals surface area contributed by atoms with Crippen LogP contribution >= 0.6 is 0 Å². The molecule has 1 amide bonds. The quantitative estimate of drug-likeness (QED) is 0.579. The van der Waals surface area contributed by atoms with Gasteiger partial charge in [0, 0.05) is 23.4 Å². The van der Waals surface area contributed by atoms with Crippen molar-refractivity contribution in [3.05, 3.63) is 60.6 Å². The van der Waals surface area contributed by atoms with Crippen LogP contribution in [0.15, 0.2) is 59.2 Å². The van der Waals surface area contributed by atoms with Crippen LogP contribution < -0.4 is 14.8 Å². The molecule has 27 heavy (non-hydrogen) atoms. The molecule has 2 aromatic heterocycles. The summed E-state index contributed by atoms with van der Waals surface area (Å²) in [6, 6.07) is 14.5. The Balaban J connectivity index is 1.46. The Labute approximate surface area is 153 Å². The number of amides is 1. The summed E-state index contributed by atoms with van der Waals surface area (Å²) < 4.78 is 16.3. The number of benzene rings is 2. The highest BCUT2D eigenvalue weighted by molar-refractivity contribution is 6.02. The first-order chi connectivity index (χ1) is 13.3. The van der Waals surface area contributed by atoms with E-state index in [1.165, 1.54) is 6.26 Å². The van der Waals surface area contributed by atoms with Gasteiger partial charge in [-0.05, 0) is 24.3 Å². The molecule has 3 heterocycles. The highest BCUT2D eigenvalue weighted by Gasteiger charge is 2.16. The summed E-state index contributed by atoms with van der Waals surface area (Å²) in [5.41, 5.74) is 3.15. The van der Waals surface area contributed by atoms with Crippen molar-refractivity contribution >= 4 is 22.6 Å². The number of aromatic amines is 1. The van der Waals surface area contributed by atoms with Gasteiger partial charge in [0.1, 0.15) is 19.0 Å². The SMILES string of the molecule is O=C(Nc1cccc(-c2nc3cc4c(cc3[nH]2)OCCO4)c1)c1ccco1. The zero-order valence-electron chi connectivity index (χ0n) is 14.2. The summed E-state index contributed by atoms with van der Waals surface area (Å²) in [4.78, 5) is 20.1. The molecule has 0 spiro atoms. The maximum Gasteiger partial charge on any atom is 0.291 e. The van der Waals surface area contributed by atoms with Crippen molar-refractivity contribution in [2.75, 3.05) is 18.5 Å². The Morgan fingerprint density at radius 2 is 1.89 bits per heavy atom. The van der Waals surface area contributed by atoms with Crippen LogP contribution in [0.2, 0.25) is 0 Å². The molecule has 134 valence electrons. The third-order valence-electron chi connectivity index (χ3n) is 4.28. The normalized spacial score (nSPS) is 12.9. The van der Waals surface area contributed by atoms with Crippen LogP contribution in [0.25, 0.3) is 22.4 Å². The summed E-state index contributed by atoms with van der Waals surface area (Å²) in [6.45, 7) is 1.07. The van der Waals surface area contributed by atoms with Crippen molar-refractivity contribution in [2.45, 2.75) is 0 Å². The van der Waals surface area contributed by atoms with Gasteiger partial charge in [0.25, 0.3) is 5.91 Å². The van der Waals surface area contributed by atoms with E-state index in [-0.39, 0.29) is 11.7 Å². The Kier molecular flexibility index (Phi) is 3.57. The summed E-state index contributed by atoms with van der Waals surface area (Å²) in [5, 5.41) is 2.82. The van der Waals surface area contributed by atoms with E-state index in [4.69, 9.17) is 13.9 Å². The van der Waals surface area contributed by atoms with Crippen molar-refractivity contribution in [3.63, 3.8) is 0 Å². The maximum absolute atomic E-state index is 12.2. The van der Waals surface area contributed by atoms with Crippen LogP contribution in [0.3, 0.4) is 0 Å². The lowest BCUT2D eigenvalue weighted by Gasteiger charge is -2.17. The molecule has 0 atom stereocenters. The number of fused-ring (bicyclic) bond motifs is 2. The predicted molar refractivity (Wildman–Crippen MR) is 99.2 cm³/mol. The summed E-state index contributed by atoms with van der Waals surface area (Å²) >= 11 is 0. The standard InChI is InChI=1S/C20H15N3O4/c24-20(16-5-2-6-25-16)21-13-4-1-3-12(9-13)19-22-14-10-17-18(11-15(14)23-19)27-8-7-26-17/h1-6,9-11H,7-8H2,(H,21,24)(H,22,23). The molecule has 1 aliphatic rings. The third kappa shape index (κ3) is 2.89. The average molecular weight is 361 g/mol. The molecule has 0 saturated carbocycles. The first-order valence-corrected chi connectivity index (χ1v) is 8.51. The number of H-pyrrole nitrogens is 1. The number of nitrogens with zero attached hydrogens (tertiary/aromatic N) is 1. The average Bonchev–Trinajstić information content (AvgIpc) is 3.36. The Morgan fingerprint density at radius 3 is 2.70 bits per heavy atom. The molecule has 0 radical (unpaired) electrons. The Hall–Kier alpha value is -3.74. The van der Waals surface area contributed by atoms with E-state index in [1.807, 2.05) is 36.4 Å². The minimum atomic E-state index is -0.302. The van der Waals surface area contributed by atoms with Crippen molar-refractivity contribution in [2.24, 2.45) is 0 Å². The number of anilines is 1. The smallest absolute Gasteiger partial charge is 0.291 e. The molecule has 5 rings (SSSR count). The summed E-state index contributed by atoms with van der Waals surface area (Å²) in [6.07, 6.45) is 1.47. The molecular formula is C20H15N3O4. The van der Waals surface area contributed by atoms with E-state index in [0.717, 1.165) is 16.6 Å². The van der Waals surface area contributed by atoms with E-state index in [9.17, 15) is 4.79 Å². The van der Waals surface area contributed by atoms with Gasteiger partial charge >= 0.3 is 0 Å². The molecular weight excluding hydrogens is 346 g/mol. The molecule has 0 fully saturated rings. The number of furan rings is 1. The number of aromatic nitrogens is 2. The molecule has 2 aromatic carbocycles. The van der Waals surface area contributed by atoms with Crippen LogP contribution in [0.4, 0.5) is 5.69 Å². The maximum atomic E-state index is 12.2. The lowest BCUT2D eigenvalue weighted by Crippen LogP contribution is -2.15. The van der Waals surface area contributed by atoms with E-state index in [2.05, 4.69) is 15.3 Å². The number of carbonyl (C=O) groups excluding carboxylic acids is 1. The molecule has 2 N–H and O–H groups in total. The second kappa shape index (κ2) is 6.21. The number of hydrogen-bond acceptors (Lipinski definition) is 5. The predicted octanol–water partition coefficient (Wildman–Crippen LogP) is 3.85. The van der Waals surface area contributed by atoms with Crippen LogP contribution in [0, 0.1) is 0 Å². The van der Waals surface area contributed by atoms with Crippen LogP contribution in [-0.2, 0) is 0 Å². The Morgan fingerprint density at radius 1 is 1.04 bits per heavy atom. The van der Waals surface area contributed by atoms with Gasteiger partial charge in [-0.2, -0.15) is 0 Å². The minimum Gasteiger partial charge on any atom is -0.486 e. The van der Waals surface area contributed by atoms with Gasteiger partial charge < -0.3 is 24.2 Å². The second-order valence-electron chi connectivity index (χ2n) is 6.11. The molecule has 7 heteroatoms. The zero-order valence-corrected chi connectivity index (χ0v) is 14.2. The minimum absolute atomic E-state index is 0.259. The van der Waals surface area contributed by atoms with Gasteiger partial charge in [0.2, 0.25) is 0 Å². The molecule has 4 aromatic rings. The van der Waals surface area contributed by atoms with Gasteiger partial charge in [0.05, 0.1) is 17.3 Å². The summed E-state index contributed by atoms with van der Waals surface area (Å²) in [7, 11) is 0. The van der Waals surface area contributed by atoms with Crippen molar-refractivity contribution in [1.82, 2.24) is 9.97 Å². The van der Waals surface area contributed by atoms with E-state index in [1.54, 1.807) is 12.1 Å². The van der Waals surface area contributed by atoms with Gasteiger partial charge in [-0.25, -0.2) is 4.98 Å². The monoisotopic (exact) mass is 361 g/mol. The van der Waals surface area contributed by atoms with Gasteiger partial charge in [-0.15, -0.1) is 0 Å². The van der Waals surface area contributed by atoms with Crippen LogP contribution in [0.5, 0.6) is 11.5 Å². The zero-order chi connectivity index (χ0) is 18.2. The first kappa shape index (κ1) is 15.5. The number of imidazole rings is 1. The largest absolute Gasteiger partial charge is 0.486 e. The number of nitrogens with one attached hydrogen (secondary N) is 2. The third-order valence-corrected chi connectivity index (χ3v) is 4.28. The fourth-order valence-electron chi connectivity index (χ4n) is 3.03. The van der Waals surface area contributed by atoms with E-state index >= 15 is 0 Å². The number of ether oxygens (including phenoxy) is 2. The number of hydrogen-bond donors (Lipinski definition) is 2. The van der Waals surface area contributed by atoms with Gasteiger partial charge in [-0.1, -0.05) is 12.1 Å². The highest BCUT2D eigenvalue weighted by atomic mass is 16.6. The summed E-state index contributed by atoms with van der Waals surface area (Å²) in [5.74, 6) is 2.06. The molecule has 0 bridgehead atoms. The topological polar surface area (TPSA) is 89.4 Å². The lowest BCUT2D eigenvalue weighted by molar-refractivity contribution is 0.0996. The highest BCUT2D eigenvalue weighted by Crippen LogP contribution is 2.35. The van der Waals surface area contributed by atoms with Crippen LogP contribution in [0.1, 0.15) is 10.6 Å². The van der Waals surface area contributed by atoms with Gasteiger partial charge in [0.15, 0.2) is 17.3 Å². The molecule has 0 saturated heterocycles. The fraction of sp³-hybridized carbons (Fsp3) is 0.100. The number of carbonyl (C=O) groups is 1. The molecule has 7 nitrogen and oxygen atoms in total. The van der Waals surface area contributed by atoms with Crippen LogP contribution in [-0.4, -0.2) is 29.1 Å². The van der Waals surface area contributed by atoms with Crippen molar-refractivity contribution in [3.8, 4) is 22.9 Å². The second-order valence-corrected chi connectivity index (χ2v) is 6.11. The van der Waals surface area contributed by atoms with E-state index < -0.39 is 0 Å². The molecule has 0 unspecified atom stereocenters. The molecule has 1 aliphatic heterocycles. The van der Waals surface area contributed by atoms with E-state index in [0.29, 0.717) is 36.2 Å². The number of rotatable bonds is 3. The first-order valence-electron chi connectivity index (χ1n) is 8.51. The van der Waals surface area contributed by atoms with Crippen molar-refractivity contribution in [1.29, 1.82) is 0 Å².